The average molecular weight is 268 g/mol. The van der Waals surface area contributed by atoms with E-state index in [9.17, 15) is 9.59 Å². The number of carbonyl (C=O) groups excluding carboxylic acids is 1. The fourth-order valence-corrected chi connectivity index (χ4v) is 3.38. The molecule has 0 aromatic carbocycles. The zero-order valence-electron chi connectivity index (χ0n) is 11.4. The lowest BCUT2D eigenvalue weighted by Crippen LogP contribution is -2.43. The molecule has 2 aliphatic rings. The first kappa shape index (κ1) is 14.3. The zero-order chi connectivity index (χ0) is 13.9. The Balaban J connectivity index is 1.75. The molecule has 2 atom stereocenters. The Morgan fingerprint density at radius 1 is 1.26 bits per heavy atom. The van der Waals surface area contributed by atoms with Crippen molar-refractivity contribution in [1.29, 1.82) is 0 Å². The molecule has 5 heteroatoms. The van der Waals surface area contributed by atoms with Gasteiger partial charge in [0.1, 0.15) is 0 Å². The van der Waals surface area contributed by atoms with E-state index in [-0.39, 0.29) is 23.2 Å². The maximum Gasteiger partial charge on any atom is 0.306 e. The van der Waals surface area contributed by atoms with Crippen LogP contribution in [0.2, 0.25) is 0 Å². The fourth-order valence-electron chi connectivity index (χ4n) is 3.38. The summed E-state index contributed by atoms with van der Waals surface area (Å²) in [6.07, 6.45) is 6.32. The molecule has 5 nitrogen and oxygen atoms in total. The van der Waals surface area contributed by atoms with E-state index in [1.54, 1.807) is 0 Å². The monoisotopic (exact) mass is 268 g/mol. The van der Waals surface area contributed by atoms with Crippen LogP contribution in [0.3, 0.4) is 0 Å². The molecule has 0 aliphatic heterocycles. The normalized spacial score (nSPS) is 28.7. The van der Waals surface area contributed by atoms with Gasteiger partial charge in [0.2, 0.25) is 5.91 Å². The summed E-state index contributed by atoms with van der Waals surface area (Å²) in [6, 6.07) is 0. The van der Waals surface area contributed by atoms with Gasteiger partial charge in [0.05, 0.1) is 5.92 Å². The van der Waals surface area contributed by atoms with Crippen molar-refractivity contribution in [1.82, 2.24) is 5.32 Å². The van der Waals surface area contributed by atoms with E-state index >= 15 is 0 Å². The van der Waals surface area contributed by atoms with Crippen LogP contribution in [0.4, 0.5) is 0 Å². The summed E-state index contributed by atoms with van der Waals surface area (Å²) in [5, 5.41) is 12.0. The molecule has 2 rings (SSSR count). The highest BCUT2D eigenvalue weighted by Crippen LogP contribution is 2.42. The van der Waals surface area contributed by atoms with Gasteiger partial charge in [-0.15, -0.1) is 0 Å². The van der Waals surface area contributed by atoms with E-state index in [0.29, 0.717) is 19.5 Å². The molecule has 1 amide bonds. The Bertz CT molecular complexity index is 347. The van der Waals surface area contributed by atoms with Gasteiger partial charge in [0.25, 0.3) is 0 Å². The van der Waals surface area contributed by atoms with Gasteiger partial charge in [-0.25, -0.2) is 0 Å². The second kappa shape index (κ2) is 5.90. The highest BCUT2D eigenvalue weighted by molar-refractivity contribution is 5.77. The highest BCUT2D eigenvalue weighted by Gasteiger charge is 2.38. The van der Waals surface area contributed by atoms with Crippen molar-refractivity contribution in [3.63, 3.8) is 0 Å². The van der Waals surface area contributed by atoms with Crippen LogP contribution in [0.15, 0.2) is 0 Å². The molecule has 19 heavy (non-hydrogen) atoms. The number of rotatable bonds is 6. The zero-order valence-corrected chi connectivity index (χ0v) is 11.4. The summed E-state index contributed by atoms with van der Waals surface area (Å²) in [5.41, 5.74) is 5.76. The first-order chi connectivity index (χ1) is 9.06. The standard InChI is InChI=1S/C14H24N2O3/c15-9-14(5-2-6-14)7-12(17)16-8-10-3-1-4-11(10)13(18)19/h10-11H,1-9,15H2,(H,16,17)(H,18,19). The molecular formula is C14H24N2O3. The highest BCUT2D eigenvalue weighted by atomic mass is 16.4. The Hall–Kier alpha value is -1.10. The Morgan fingerprint density at radius 3 is 2.53 bits per heavy atom. The maximum absolute atomic E-state index is 11.9. The minimum Gasteiger partial charge on any atom is -0.481 e. The number of carbonyl (C=O) groups is 2. The summed E-state index contributed by atoms with van der Waals surface area (Å²) in [4.78, 5) is 23.0. The van der Waals surface area contributed by atoms with Crippen LogP contribution in [-0.2, 0) is 9.59 Å². The minimum absolute atomic E-state index is 0.0198. The molecule has 0 aromatic rings. The molecule has 2 saturated carbocycles. The van der Waals surface area contributed by atoms with Crippen LogP contribution in [0.25, 0.3) is 0 Å². The number of nitrogens with one attached hydrogen (secondary N) is 1. The van der Waals surface area contributed by atoms with E-state index in [0.717, 1.165) is 38.5 Å². The summed E-state index contributed by atoms with van der Waals surface area (Å²) >= 11 is 0. The van der Waals surface area contributed by atoms with Crippen molar-refractivity contribution >= 4 is 11.9 Å². The van der Waals surface area contributed by atoms with E-state index in [1.807, 2.05) is 0 Å². The number of carboxylic acid groups (broad SMARTS) is 1. The quantitative estimate of drug-likeness (QED) is 0.673. The SMILES string of the molecule is NCC1(CC(=O)NCC2CCCC2C(=O)O)CCC1. The summed E-state index contributed by atoms with van der Waals surface area (Å²) in [5.74, 6) is -0.889. The molecule has 0 bridgehead atoms. The molecule has 0 saturated heterocycles. The smallest absolute Gasteiger partial charge is 0.306 e. The summed E-state index contributed by atoms with van der Waals surface area (Å²) in [7, 11) is 0. The molecule has 0 aromatic heterocycles. The van der Waals surface area contributed by atoms with E-state index in [1.165, 1.54) is 0 Å². The minimum atomic E-state index is -0.728. The van der Waals surface area contributed by atoms with Crippen LogP contribution >= 0.6 is 0 Å². The molecule has 4 N–H and O–H groups in total. The topological polar surface area (TPSA) is 92.4 Å². The number of hydrogen-bond donors (Lipinski definition) is 3. The second-order valence-electron chi connectivity index (χ2n) is 6.17. The number of nitrogens with two attached hydrogens (primary N) is 1. The van der Waals surface area contributed by atoms with Crippen LogP contribution in [-0.4, -0.2) is 30.1 Å². The van der Waals surface area contributed by atoms with Crippen LogP contribution in [0, 0.1) is 17.3 Å². The Labute approximate surface area is 113 Å². The van der Waals surface area contributed by atoms with Gasteiger partial charge in [0.15, 0.2) is 0 Å². The van der Waals surface area contributed by atoms with Crippen molar-refractivity contribution in [3.05, 3.63) is 0 Å². The third kappa shape index (κ3) is 3.26. The summed E-state index contributed by atoms with van der Waals surface area (Å²) < 4.78 is 0. The predicted molar refractivity (Wildman–Crippen MR) is 71.4 cm³/mol. The van der Waals surface area contributed by atoms with Crippen molar-refractivity contribution < 1.29 is 14.7 Å². The first-order valence-electron chi connectivity index (χ1n) is 7.26. The number of amides is 1. The third-order valence-corrected chi connectivity index (χ3v) is 4.92. The lowest BCUT2D eigenvalue weighted by molar-refractivity contribution is -0.143. The van der Waals surface area contributed by atoms with E-state index < -0.39 is 5.97 Å². The Kier molecular flexibility index (Phi) is 4.45. The van der Waals surface area contributed by atoms with Gasteiger partial charge < -0.3 is 16.2 Å². The van der Waals surface area contributed by atoms with Gasteiger partial charge in [-0.3, -0.25) is 9.59 Å². The van der Waals surface area contributed by atoms with Gasteiger partial charge in [-0.05, 0) is 43.6 Å². The number of carboxylic acids is 1. The van der Waals surface area contributed by atoms with Gasteiger partial charge >= 0.3 is 5.97 Å². The van der Waals surface area contributed by atoms with Gasteiger partial charge in [-0.2, -0.15) is 0 Å². The van der Waals surface area contributed by atoms with Crippen LogP contribution in [0.1, 0.15) is 44.9 Å². The van der Waals surface area contributed by atoms with Gasteiger partial charge in [0, 0.05) is 13.0 Å². The maximum atomic E-state index is 11.9. The van der Waals surface area contributed by atoms with E-state index in [4.69, 9.17) is 10.8 Å². The first-order valence-corrected chi connectivity index (χ1v) is 7.26. The molecule has 2 fully saturated rings. The lowest BCUT2D eigenvalue weighted by Gasteiger charge is -2.40. The average Bonchev–Trinajstić information content (AvgIpc) is 2.79. The third-order valence-electron chi connectivity index (χ3n) is 4.92. The lowest BCUT2D eigenvalue weighted by atomic mass is 9.66. The summed E-state index contributed by atoms with van der Waals surface area (Å²) in [6.45, 7) is 1.07. The Morgan fingerprint density at radius 2 is 2.00 bits per heavy atom. The molecule has 0 heterocycles. The van der Waals surface area contributed by atoms with Crippen LogP contribution < -0.4 is 11.1 Å². The van der Waals surface area contributed by atoms with Gasteiger partial charge in [-0.1, -0.05) is 12.8 Å². The molecule has 0 radical (unpaired) electrons. The largest absolute Gasteiger partial charge is 0.481 e. The molecule has 2 unspecified atom stereocenters. The predicted octanol–water partition coefficient (Wildman–Crippen LogP) is 1.12. The number of aliphatic carboxylic acids is 1. The van der Waals surface area contributed by atoms with Crippen molar-refractivity contribution in [2.45, 2.75) is 44.9 Å². The van der Waals surface area contributed by atoms with E-state index in [2.05, 4.69) is 5.32 Å². The fraction of sp³-hybridized carbons (Fsp3) is 0.857. The van der Waals surface area contributed by atoms with Crippen molar-refractivity contribution in [2.24, 2.45) is 23.0 Å². The van der Waals surface area contributed by atoms with Crippen molar-refractivity contribution in [2.75, 3.05) is 13.1 Å². The van der Waals surface area contributed by atoms with Crippen LogP contribution in [0.5, 0.6) is 0 Å². The second-order valence-corrected chi connectivity index (χ2v) is 6.17. The molecule has 0 spiro atoms. The number of hydrogen-bond acceptors (Lipinski definition) is 3. The molecule has 108 valence electrons. The van der Waals surface area contributed by atoms with Crippen molar-refractivity contribution in [3.8, 4) is 0 Å². The molecular weight excluding hydrogens is 244 g/mol. The molecule has 2 aliphatic carbocycles.